The third-order valence-corrected chi connectivity index (χ3v) is 2.98. The Morgan fingerprint density at radius 2 is 2.14 bits per heavy atom. The van der Waals surface area contributed by atoms with Gasteiger partial charge in [-0.3, -0.25) is 4.68 Å². The number of nitrogens with zero attached hydrogens (tertiary/aromatic N) is 2. The molecule has 0 radical (unpaired) electrons. The van der Waals surface area contributed by atoms with Gasteiger partial charge in [-0.25, -0.2) is 0 Å². The molecule has 1 aromatic heterocycles. The first-order valence-electron chi connectivity index (χ1n) is 5.80. The summed E-state index contributed by atoms with van der Waals surface area (Å²) in [6, 6.07) is 2.87. The van der Waals surface area contributed by atoms with Crippen molar-refractivity contribution in [3.63, 3.8) is 0 Å². The van der Waals surface area contributed by atoms with Crippen LogP contribution in [0.3, 0.4) is 0 Å². The van der Waals surface area contributed by atoms with E-state index in [1.54, 1.807) is 0 Å². The fraction of sp³-hybridized carbons (Fsp3) is 0.750. The maximum absolute atomic E-state index is 4.65. The van der Waals surface area contributed by atoms with E-state index in [-0.39, 0.29) is 0 Å². The molecule has 0 aromatic carbocycles. The normalized spacial score (nSPS) is 18.2. The predicted octanol–water partition coefficient (Wildman–Crippen LogP) is 3.20. The van der Waals surface area contributed by atoms with Crippen molar-refractivity contribution >= 4 is 0 Å². The van der Waals surface area contributed by atoms with Crippen molar-refractivity contribution in [3.05, 3.63) is 18.0 Å². The average molecular weight is 192 g/mol. The summed E-state index contributed by atoms with van der Waals surface area (Å²) in [5, 5.41) is 4.65. The standard InChI is InChI=1S/C12H20N2/c1-10(2)9-11-7-8-14(13-11)12-5-3-4-6-12/h7-8,10,12H,3-6,9H2,1-2H3. The Morgan fingerprint density at radius 3 is 2.79 bits per heavy atom. The minimum absolute atomic E-state index is 0.691. The summed E-state index contributed by atoms with van der Waals surface area (Å²) in [5.74, 6) is 0.710. The Morgan fingerprint density at radius 1 is 1.43 bits per heavy atom. The molecule has 0 bridgehead atoms. The van der Waals surface area contributed by atoms with E-state index in [9.17, 15) is 0 Å². The third kappa shape index (κ3) is 2.17. The summed E-state index contributed by atoms with van der Waals surface area (Å²) >= 11 is 0. The van der Waals surface area contributed by atoms with Crippen LogP contribution in [-0.4, -0.2) is 9.78 Å². The van der Waals surface area contributed by atoms with Crippen molar-refractivity contribution in [2.45, 2.75) is 52.0 Å². The van der Waals surface area contributed by atoms with Gasteiger partial charge in [-0.1, -0.05) is 26.7 Å². The summed E-state index contributed by atoms with van der Waals surface area (Å²) in [7, 11) is 0. The number of hydrogen-bond donors (Lipinski definition) is 0. The highest BCUT2D eigenvalue weighted by Crippen LogP contribution is 2.28. The summed E-state index contributed by atoms with van der Waals surface area (Å²) in [4.78, 5) is 0. The van der Waals surface area contributed by atoms with Crippen LogP contribution in [0.2, 0.25) is 0 Å². The quantitative estimate of drug-likeness (QED) is 0.719. The Kier molecular flexibility index (Phi) is 2.90. The van der Waals surface area contributed by atoms with E-state index in [4.69, 9.17) is 0 Å². The Balaban J connectivity index is 2.01. The molecule has 78 valence electrons. The SMILES string of the molecule is CC(C)Cc1ccn(C2CCCC2)n1. The molecule has 2 heteroatoms. The predicted molar refractivity (Wildman–Crippen MR) is 58.3 cm³/mol. The van der Waals surface area contributed by atoms with Crippen LogP contribution in [0.15, 0.2) is 12.3 Å². The first kappa shape index (κ1) is 9.75. The van der Waals surface area contributed by atoms with Gasteiger partial charge in [0, 0.05) is 6.20 Å². The smallest absolute Gasteiger partial charge is 0.0627 e. The molecule has 1 saturated carbocycles. The molecule has 1 aromatic rings. The molecule has 0 unspecified atom stereocenters. The first-order chi connectivity index (χ1) is 6.75. The number of aromatic nitrogens is 2. The van der Waals surface area contributed by atoms with Crippen molar-refractivity contribution in [3.8, 4) is 0 Å². The summed E-state index contributed by atoms with van der Waals surface area (Å²) in [6.07, 6.45) is 8.67. The van der Waals surface area contributed by atoms with Crippen LogP contribution < -0.4 is 0 Å². The molecule has 0 aliphatic heterocycles. The van der Waals surface area contributed by atoms with E-state index >= 15 is 0 Å². The molecule has 1 heterocycles. The molecule has 1 fully saturated rings. The molecule has 0 atom stereocenters. The molecule has 0 N–H and O–H groups in total. The van der Waals surface area contributed by atoms with Crippen LogP contribution in [0.5, 0.6) is 0 Å². The van der Waals surface area contributed by atoms with E-state index in [2.05, 4.69) is 35.9 Å². The lowest BCUT2D eigenvalue weighted by atomic mass is 10.1. The van der Waals surface area contributed by atoms with Gasteiger partial charge in [-0.2, -0.15) is 5.10 Å². The van der Waals surface area contributed by atoms with E-state index in [1.807, 2.05) is 0 Å². The molecule has 14 heavy (non-hydrogen) atoms. The molecule has 1 aliphatic rings. The molecular weight excluding hydrogens is 172 g/mol. The Labute approximate surface area is 86.3 Å². The Hall–Kier alpha value is -0.790. The summed E-state index contributed by atoms with van der Waals surface area (Å²) in [5.41, 5.74) is 1.26. The highest BCUT2D eigenvalue weighted by Gasteiger charge is 2.17. The largest absolute Gasteiger partial charge is 0.269 e. The van der Waals surface area contributed by atoms with Crippen molar-refractivity contribution in [1.82, 2.24) is 9.78 Å². The molecule has 0 saturated heterocycles. The van der Waals surface area contributed by atoms with Crippen LogP contribution in [0.4, 0.5) is 0 Å². The monoisotopic (exact) mass is 192 g/mol. The second-order valence-electron chi connectivity index (χ2n) is 4.82. The molecular formula is C12H20N2. The van der Waals surface area contributed by atoms with Gasteiger partial charge in [-0.05, 0) is 31.2 Å². The van der Waals surface area contributed by atoms with Gasteiger partial charge in [0.05, 0.1) is 11.7 Å². The van der Waals surface area contributed by atoms with Crippen LogP contribution in [-0.2, 0) is 6.42 Å². The zero-order valence-corrected chi connectivity index (χ0v) is 9.24. The van der Waals surface area contributed by atoms with E-state index in [0.29, 0.717) is 12.0 Å². The third-order valence-electron chi connectivity index (χ3n) is 2.98. The maximum atomic E-state index is 4.65. The fourth-order valence-corrected chi connectivity index (χ4v) is 2.28. The zero-order chi connectivity index (χ0) is 9.97. The second kappa shape index (κ2) is 4.16. The molecule has 1 aliphatic carbocycles. The Bertz CT molecular complexity index is 282. The van der Waals surface area contributed by atoms with Crippen molar-refractivity contribution in [1.29, 1.82) is 0 Å². The van der Waals surface area contributed by atoms with E-state index < -0.39 is 0 Å². The summed E-state index contributed by atoms with van der Waals surface area (Å²) < 4.78 is 2.19. The van der Waals surface area contributed by atoms with Crippen molar-refractivity contribution in [2.75, 3.05) is 0 Å². The van der Waals surface area contributed by atoms with E-state index in [0.717, 1.165) is 6.42 Å². The summed E-state index contributed by atoms with van der Waals surface area (Å²) in [6.45, 7) is 4.49. The first-order valence-corrected chi connectivity index (χ1v) is 5.80. The molecule has 2 nitrogen and oxygen atoms in total. The fourth-order valence-electron chi connectivity index (χ4n) is 2.28. The van der Waals surface area contributed by atoms with Crippen LogP contribution in [0.25, 0.3) is 0 Å². The topological polar surface area (TPSA) is 17.8 Å². The minimum Gasteiger partial charge on any atom is -0.269 e. The van der Waals surface area contributed by atoms with Gasteiger partial charge >= 0.3 is 0 Å². The van der Waals surface area contributed by atoms with Gasteiger partial charge in [0.1, 0.15) is 0 Å². The van der Waals surface area contributed by atoms with Gasteiger partial charge in [0.25, 0.3) is 0 Å². The van der Waals surface area contributed by atoms with Crippen LogP contribution >= 0.6 is 0 Å². The van der Waals surface area contributed by atoms with Crippen LogP contribution in [0, 0.1) is 5.92 Å². The van der Waals surface area contributed by atoms with Crippen molar-refractivity contribution in [2.24, 2.45) is 5.92 Å². The van der Waals surface area contributed by atoms with Gasteiger partial charge < -0.3 is 0 Å². The number of rotatable bonds is 3. The second-order valence-corrected chi connectivity index (χ2v) is 4.82. The van der Waals surface area contributed by atoms with Crippen LogP contribution in [0.1, 0.15) is 51.3 Å². The maximum Gasteiger partial charge on any atom is 0.0627 e. The van der Waals surface area contributed by atoms with E-state index in [1.165, 1.54) is 31.4 Å². The lowest BCUT2D eigenvalue weighted by Gasteiger charge is -2.09. The highest BCUT2D eigenvalue weighted by atomic mass is 15.3. The molecule has 0 amide bonds. The number of hydrogen-bond acceptors (Lipinski definition) is 1. The van der Waals surface area contributed by atoms with Crippen molar-refractivity contribution < 1.29 is 0 Å². The zero-order valence-electron chi connectivity index (χ0n) is 9.24. The molecule has 2 rings (SSSR count). The van der Waals surface area contributed by atoms with Gasteiger partial charge in [0.15, 0.2) is 0 Å². The average Bonchev–Trinajstić information content (AvgIpc) is 2.69. The lowest BCUT2D eigenvalue weighted by molar-refractivity contribution is 0.459. The highest BCUT2D eigenvalue weighted by molar-refractivity contribution is 5.00. The van der Waals surface area contributed by atoms with Gasteiger partial charge in [-0.15, -0.1) is 0 Å². The van der Waals surface area contributed by atoms with Gasteiger partial charge in [0.2, 0.25) is 0 Å². The molecule has 0 spiro atoms. The lowest BCUT2D eigenvalue weighted by Crippen LogP contribution is -2.06. The minimum atomic E-state index is 0.691.